The molecule has 1 saturated heterocycles. The summed E-state index contributed by atoms with van der Waals surface area (Å²) in [4.78, 5) is 31.2. The second kappa shape index (κ2) is 9.62. The predicted molar refractivity (Wildman–Crippen MR) is 115 cm³/mol. The standard InChI is InChI=1S/C21H30N6O3/c1-24(2)17-7-5-6-16(14-17)19(28)22-8-9-26-10-12-27(13-11-26)21(29)18-15-25(3)23-20(18)30-4/h5-7,14-15H,8-13H2,1-4H3,(H,22,28). The lowest BCUT2D eigenvalue weighted by molar-refractivity contribution is 0.0635. The van der Waals surface area contributed by atoms with Crippen LogP contribution in [-0.2, 0) is 7.05 Å². The molecule has 0 atom stereocenters. The maximum absolute atomic E-state index is 12.7. The van der Waals surface area contributed by atoms with Crippen LogP contribution >= 0.6 is 0 Å². The number of carbonyl (C=O) groups excluding carboxylic acids is 2. The third-order valence-corrected chi connectivity index (χ3v) is 5.22. The fourth-order valence-electron chi connectivity index (χ4n) is 3.47. The molecule has 0 saturated carbocycles. The van der Waals surface area contributed by atoms with Gasteiger partial charge >= 0.3 is 0 Å². The first-order chi connectivity index (χ1) is 14.4. The highest BCUT2D eigenvalue weighted by atomic mass is 16.5. The van der Waals surface area contributed by atoms with Gasteiger partial charge in [0, 0.05) is 77.9 Å². The smallest absolute Gasteiger partial charge is 0.261 e. The van der Waals surface area contributed by atoms with Gasteiger partial charge in [0.1, 0.15) is 5.56 Å². The van der Waals surface area contributed by atoms with E-state index in [0.717, 1.165) is 25.3 Å². The molecule has 0 bridgehead atoms. The fourth-order valence-corrected chi connectivity index (χ4v) is 3.47. The summed E-state index contributed by atoms with van der Waals surface area (Å²) in [5, 5.41) is 7.13. The lowest BCUT2D eigenvalue weighted by Gasteiger charge is -2.34. The summed E-state index contributed by atoms with van der Waals surface area (Å²) in [5.74, 6) is 0.218. The van der Waals surface area contributed by atoms with Crippen LogP contribution in [0.25, 0.3) is 0 Å². The van der Waals surface area contributed by atoms with Crippen molar-refractivity contribution in [2.24, 2.45) is 7.05 Å². The van der Waals surface area contributed by atoms with Gasteiger partial charge in [0.15, 0.2) is 0 Å². The van der Waals surface area contributed by atoms with E-state index in [4.69, 9.17) is 4.74 Å². The third-order valence-electron chi connectivity index (χ3n) is 5.22. The number of hydrogen-bond acceptors (Lipinski definition) is 6. The maximum Gasteiger partial charge on any atom is 0.261 e. The number of carbonyl (C=O) groups is 2. The van der Waals surface area contributed by atoms with Crippen molar-refractivity contribution in [3.05, 3.63) is 41.6 Å². The summed E-state index contributed by atoms with van der Waals surface area (Å²) in [5.41, 5.74) is 2.14. The van der Waals surface area contributed by atoms with Crippen molar-refractivity contribution in [2.75, 3.05) is 65.4 Å². The Hall–Kier alpha value is -3.07. The van der Waals surface area contributed by atoms with Crippen LogP contribution < -0.4 is 15.0 Å². The van der Waals surface area contributed by atoms with Crippen molar-refractivity contribution in [3.63, 3.8) is 0 Å². The number of methoxy groups -OCH3 is 1. The van der Waals surface area contributed by atoms with Crippen molar-refractivity contribution in [1.29, 1.82) is 0 Å². The van der Waals surface area contributed by atoms with E-state index in [1.807, 2.05) is 48.2 Å². The molecule has 3 rings (SSSR count). The summed E-state index contributed by atoms with van der Waals surface area (Å²) < 4.78 is 6.78. The summed E-state index contributed by atoms with van der Waals surface area (Å²) in [7, 11) is 7.18. The van der Waals surface area contributed by atoms with Crippen LogP contribution in [0.4, 0.5) is 5.69 Å². The first-order valence-electron chi connectivity index (χ1n) is 10.0. The van der Waals surface area contributed by atoms with Gasteiger partial charge in [-0.05, 0) is 18.2 Å². The quantitative estimate of drug-likeness (QED) is 0.718. The SMILES string of the molecule is COc1nn(C)cc1C(=O)N1CCN(CCNC(=O)c2cccc(N(C)C)c2)CC1. The number of nitrogens with zero attached hydrogens (tertiary/aromatic N) is 5. The van der Waals surface area contributed by atoms with Crippen LogP contribution in [0, 0.1) is 0 Å². The summed E-state index contributed by atoms with van der Waals surface area (Å²) in [6, 6.07) is 7.56. The first-order valence-corrected chi connectivity index (χ1v) is 10.0. The van der Waals surface area contributed by atoms with Gasteiger partial charge < -0.3 is 19.9 Å². The van der Waals surface area contributed by atoms with Crippen LogP contribution in [0.15, 0.2) is 30.5 Å². The topological polar surface area (TPSA) is 82.9 Å². The molecule has 0 radical (unpaired) electrons. The minimum Gasteiger partial charge on any atom is -0.479 e. The molecule has 2 amide bonds. The number of anilines is 1. The van der Waals surface area contributed by atoms with Crippen LogP contribution in [0.1, 0.15) is 20.7 Å². The summed E-state index contributed by atoms with van der Waals surface area (Å²) in [6.07, 6.45) is 1.69. The zero-order valence-electron chi connectivity index (χ0n) is 18.1. The molecular weight excluding hydrogens is 384 g/mol. The Morgan fingerprint density at radius 2 is 1.93 bits per heavy atom. The monoisotopic (exact) mass is 414 g/mol. The molecule has 9 nitrogen and oxygen atoms in total. The minimum absolute atomic E-state index is 0.0614. The predicted octanol–water partition coefficient (Wildman–Crippen LogP) is 0.683. The molecule has 9 heteroatoms. The largest absolute Gasteiger partial charge is 0.479 e. The molecule has 1 aromatic carbocycles. The molecule has 162 valence electrons. The molecule has 1 aromatic heterocycles. The van der Waals surface area contributed by atoms with Gasteiger partial charge in [0.05, 0.1) is 7.11 Å². The van der Waals surface area contributed by atoms with E-state index in [2.05, 4.69) is 15.3 Å². The number of hydrogen-bond donors (Lipinski definition) is 1. The Labute approximate surface area is 177 Å². The number of amides is 2. The number of piperazine rings is 1. The van der Waals surface area contributed by atoms with Gasteiger partial charge in [0.2, 0.25) is 5.88 Å². The first kappa shape index (κ1) is 21.6. The van der Waals surface area contributed by atoms with Crippen molar-refractivity contribution in [1.82, 2.24) is 24.9 Å². The normalized spacial score (nSPS) is 14.5. The van der Waals surface area contributed by atoms with Crippen LogP contribution in [0.3, 0.4) is 0 Å². The van der Waals surface area contributed by atoms with Gasteiger partial charge in [0.25, 0.3) is 11.8 Å². The zero-order chi connectivity index (χ0) is 21.7. The molecule has 30 heavy (non-hydrogen) atoms. The number of aromatic nitrogens is 2. The van der Waals surface area contributed by atoms with E-state index in [9.17, 15) is 9.59 Å². The Balaban J connectivity index is 1.44. The molecule has 1 fully saturated rings. The number of rotatable bonds is 7. The number of nitrogens with one attached hydrogen (secondary N) is 1. The Morgan fingerprint density at radius 1 is 1.20 bits per heavy atom. The lowest BCUT2D eigenvalue weighted by atomic mass is 10.2. The molecule has 1 aliphatic heterocycles. The molecule has 2 heterocycles. The molecular formula is C21H30N6O3. The van der Waals surface area contributed by atoms with Gasteiger partial charge in [-0.3, -0.25) is 19.2 Å². The Kier molecular flexibility index (Phi) is 6.94. The van der Waals surface area contributed by atoms with E-state index in [1.165, 1.54) is 7.11 Å². The Morgan fingerprint density at radius 3 is 2.60 bits per heavy atom. The number of ether oxygens (including phenoxy) is 1. The molecule has 1 aliphatic rings. The summed E-state index contributed by atoms with van der Waals surface area (Å²) in [6.45, 7) is 4.11. The maximum atomic E-state index is 12.7. The van der Waals surface area contributed by atoms with Crippen molar-refractivity contribution < 1.29 is 14.3 Å². The van der Waals surface area contributed by atoms with Crippen LogP contribution in [0.2, 0.25) is 0 Å². The van der Waals surface area contributed by atoms with E-state index in [1.54, 1.807) is 17.9 Å². The van der Waals surface area contributed by atoms with Crippen LogP contribution in [0.5, 0.6) is 5.88 Å². The average Bonchev–Trinajstić information content (AvgIpc) is 3.14. The molecule has 1 N–H and O–H groups in total. The minimum atomic E-state index is -0.0730. The number of benzene rings is 1. The zero-order valence-corrected chi connectivity index (χ0v) is 18.1. The molecule has 0 spiro atoms. The van der Waals surface area contributed by atoms with E-state index >= 15 is 0 Å². The van der Waals surface area contributed by atoms with Crippen molar-refractivity contribution >= 4 is 17.5 Å². The molecule has 0 unspecified atom stereocenters. The second-order valence-electron chi connectivity index (χ2n) is 7.56. The van der Waals surface area contributed by atoms with E-state index in [0.29, 0.717) is 36.6 Å². The van der Waals surface area contributed by atoms with Gasteiger partial charge in [-0.2, -0.15) is 0 Å². The average molecular weight is 415 g/mol. The van der Waals surface area contributed by atoms with Crippen molar-refractivity contribution in [3.8, 4) is 5.88 Å². The summed E-state index contributed by atoms with van der Waals surface area (Å²) >= 11 is 0. The van der Waals surface area contributed by atoms with E-state index < -0.39 is 0 Å². The van der Waals surface area contributed by atoms with Gasteiger partial charge in [-0.1, -0.05) is 6.07 Å². The van der Waals surface area contributed by atoms with E-state index in [-0.39, 0.29) is 11.8 Å². The van der Waals surface area contributed by atoms with Crippen LogP contribution in [-0.4, -0.2) is 91.9 Å². The van der Waals surface area contributed by atoms with Gasteiger partial charge in [-0.15, -0.1) is 5.10 Å². The molecule has 0 aliphatic carbocycles. The highest BCUT2D eigenvalue weighted by molar-refractivity contribution is 5.96. The van der Waals surface area contributed by atoms with Crippen molar-refractivity contribution in [2.45, 2.75) is 0 Å². The number of aryl methyl sites for hydroxylation is 1. The fraction of sp³-hybridized carbons (Fsp3) is 0.476. The van der Waals surface area contributed by atoms with Gasteiger partial charge in [-0.25, -0.2) is 0 Å². The highest BCUT2D eigenvalue weighted by Gasteiger charge is 2.26. The highest BCUT2D eigenvalue weighted by Crippen LogP contribution is 2.18. The molecule has 2 aromatic rings. The second-order valence-corrected chi connectivity index (χ2v) is 7.56. The third kappa shape index (κ3) is 5.10. The lowest BCUT2D eigenvalue weighted by Crippen LogP contribution is -2.50. The Bertz CT molecular complexity index is 887.